The molecule has 0 saturated carbocycles. The molecule has 10 aromatic carbocycles. The Morgan fingerprint density at radius 3 is 1.05 bits per heavy atom. The number of fused-ring (bicyclic) bond motifs is 3. The van der Waals surface area contributed by atoms with Crippen LogP contribution < -0.4 is 9.80 Å². The SMILES string of the molecule is c1ccc(-c2ccccc2N(c2ccc3c(c2)sc2ccccc23)c2ccccc2-c2ccccc2N(c2ccccc2-c2ccccc2)c2ccccc2-c2ccccc2)cc1. The fourth-order valence-corrected chi connectivity index (χ4v) is 10.2. The predicted octanol–water partition coefficient (Wildman–Crippen LogP) is 17.7. The molecule has 63 heavy (non-hydrogen) atoms. The zero-order valence-corrected chi connectivity index (χ0v) is 35.4. The van der Waals surface area contributed by atoms with Crippen molar-refractivity contribution in [3.05, 3.63) is 255 Å². The van der Waals surface area contributed by atoms with Crippen LogP contribution in [0.1, 0.15) is 0 Å². The molecule has 1 aromatic heterocycles. The molecular weight excluding hydrogens is 781 g/mol. The van der Waals surface area contributed by atoms with Crippen LogP contribution in [0.25, 0.3) is 64.7 Å². The van der Waals surface area contributed by atoms with Crippen LogP contribution in [0.4, 0.5) is 34.1 Å². The van der Waals surface area contributed by atoms with Crippen LogP contribution in [0.2, 0.25) is 0 Å². The summed E-state index contributed by atoms with van der Waals surface area (Å²) < 4.78 is 2.55. The lowest BCUT2D eigenvalue weighted by molar-refractivity contribution is 1.27. The normalized spacial score (nSPS) is 11.2. The van der Waals surface area contributed by atoms with Crippen LogP contribution in [0.15, 0.2) is 255 Å². The lowest BCUT2D eigenvalue weighted by atomic mass is 9.95. The Kier molecular flexibility index (Phi) is 10.1. The van der Waals surface area contributed by atoms with Crippen LogP contribution in [-0.4, -0.2) is 0 Å². The molecule has 0 saturated heterocycles. The third kappa shape index (κ3) is 7.15. The summed E-state index contributed by atoms with van der Waals surface area (Å²) in [6.45, 7) is 0. The Morgan fingerprint density at radius 2 is 0.571 bits per heavy atom. The molecule has 11 aromatic rings. The van der Waals surface area contributed by atoms with E-state index in [0.717, 1.165) is 73.1 Å². The fraction of sp³-hybridized carbons (Fsp3) is 0. The van der Waals surface area contributed by atoms with Crippen molar-refractivity contribution < 1.29 is 0 Å². The Bertz CT molecular complexity index is 3270. The molecule has 0 bridgehead atoms. The standard InChI is InChI=1S/C60H42N2S/c1-4-22-43(23-5-1)47-28-10-16-34-54(47)61(46-40-41-53-52-33-15-21-39-59(52)63-60(53)42-46)57-37-19-13-31-50(57)51-32-14-20-38-58(51)62(55-35-17-11-29-48(55)44-24-6-2-7-25-44)56-36-18-12-30-49(56)45-26-8-3-9-27-45/h1-42H. The first-order chi connectivity index (χ1) is 31.3. The highest BCUT2D eigenvalue weighted by Gasteiger charge is 2.26. The van der Waals surface area contributed by atoms with Gasteiger partial charge in [-0.2, -0.15) is 0 Å². The minimum Gasteiger partial charge on any atom is -0.309 e. The first-order valence-electron chi connectivity index (χ1n) is 21.4. The van der Waals surface area contributed by atoms with Gasteiger partial charge in [-0.1, -0.05) is 206 Å². The maximum absolute atomic E-state index is 2.47. The topological polar surface area (TPSA) is 6.48 Å². The number of hydrogen-bond donors (Lipinski definition) is 0. The summed E-state index contributed by atoms with van der Waals surface area (Å²) in [4.78, 5) is 4.95. The van der Waals surface area contributed by atoms with Gasteiger partial charge in [0.05, 0.1) is 28.4 Å². The average Bonchev–Trinajstić information content (AvgIpc) is 3.74. The molecule has 1 heterocycles. The molecule has 0 N–H and O–H groups in total. The molecule has 0 aliphatic rings. The summed E-state index contributed by atoms with van der Waals surface area (Å²) in [5, 5.41) is 2.57. The van der Waals surface area contributed by atoms with Crippen molar-refractivity contribution in [2.45, 2.75) is 0 Å². The number of anilines is 6. The van der Waals surface area contributed by atoms with Crippen molar-refractivity contribution in [3.8, 4) is 44.5 Å². The van der Waals surface area contributed by atoms with Crippen molar-refractivity contribution in [2.24, 2.45) is 0 Å². The van der Waals surface area contributed by atoms with Crippen molar-refractivity contribution in [3.63, 3.8) is 0 Å². The summed E-state index contributed by atoms with van der Waals surface area (Å²) in [5.41, 5.74) is 15.7. The second kappa shape index (κ2) is 16.8. The van der Waals surface area contributed by atoms with E-state index in [9.17, 15) is 0 Å². The Morgan fingerprint density at radius 1 is 0.238 bits per heavy atom. The average molecular weight is 823 g/mol. The van der Waals surface area contributed by atoms with E-state index in [1.165, 1.54) is 25.7 Å². The molecule has 3 heteroatoms. The van der Waals surface area contributed by atoms with Gasteiger partial charge in [0.15, 0.2) is 0 Å². The van der Waals surface area contributed by atoms with Gasteiger partial charge in [-0.3, -0.25) is 0 Å². The van der Waals surface area contributed by atoms with Gasteiger partial charge < -0.3 is 9.80 Å². The smallest absolute Gasteiger partial charge is 0.0541 e. The molecule has 0 atom stereocenters. The maximum atomic E-state index is 2.47. The summed E-state index contributed by atoms with van der Waals surface area (Å²) in [6, 6.07) is 92.2. The molecule has 11 rings (SSSR count). The molecule has 0 spiro atoms. The van der Waals surface area contributed by atoms with E-state index in [1.54, 1.807) is 0 Å². The summed E-state index contributed by atoms with van der Waals surface area (Å²) >= 11 is 1.85. The van der Waals surface area contributed by atoms with Gasteiger partial charge in [0.1, 0.15) is 0 Å². The van der Waals surface area contributed by atoms with E-state index in [2.05, 4.69) is 265 Å². The number of benzene rings is 10. The second-order valence-electron chi connectivity index (χ2n) is 15.6. The van der Waals surface area contributed by atoms with Gasteiger partial charge >= 0.3 is 0 Å². The van der Waals surface area contributed by atoms with Gasteiger partial charge in [0, 0.05) is 53.7 Å². The Balaban J connectivity index is 1.18. The molecule has 0 aliphatic heterocycles. The minimum atomic E-state index is 1.08. The fourth-order valence-electron chi connectivity index (χ4n) is 9.04. The number of nitrogens with zero attached hydrogens (tertiary/aromatic N) is 2. The Labute approximate surface area is 372 Å². The van der Waals surface area contributed by atoms with Gasteiger partial charge in [-0.15, -0.1) is 11.3 Å². The molecular formula is C60H42N2S. The van der Waals surface area contributed by atoms with E-state index >= 15 is 0 Å². The van der Waals surface area contributed by atoms with E-state index in [4.69, 9.17) is 0 Å². The molecule has 0 unspecified atom stereocenters. The summed E-state index contributed by atoms with van der Waals surface area (Å²) in [6.07, 6.45) is 0. The Hall–Kier alpha value is -7.98. The number of rotatable bonds is 10. The largest absolute Gasteiger partial charge is 0.309 e. The molecule has 298 valence electrons. The van der Waals surface area contributed by atoms with E-state index in [1.807, 2.05) is 11.3 Å². The molecule has 0 amide bonds. The van der Waals surface area contributed by atoms with Crippen LogP contribution in [0.3, 0.4) is 0 Å². The van der Waals surface area contributed by atoms with Crippen LogP contribution in [0, 0.1) is 0 Å². The monoisotopic (exact) mass is 822 g/mol. The van der Waals surface area contributed by atoms with Crippen LogP contribution in [0.5, 0.6) is 0 Å². The zero-order chi connectivity index (χ0) is 42.0. The number of thiophene rings is 1. The molecule has 0 fully saturated rings. The van der Waals surface area contributed by atoms with E-state index in [0.29, 0.717) is 0 Å². The molecule has 2 nitrogen and oxygen atoms in total. The highest BCUT2D eigenvalue weighted by Crippen LogP contribution is 2.51. The quantitative estimate of drug-likeness (QED) is 0.136. The van der Waals surface area contributed by atoms with E-state index in [-0.39, 0.29) is 0 Å². The first kappa shape index (κ1) is 38.0. The second-order valence-corrected chi connectivity index (χ2v) is 16.7. The molecule has 0 aliphatic carbocycles. The van der Waals surface area contributed by atoms with E-state index < -0.39 is 0 Å². The van der Waals surface area contributed by atoms with Crippen molar-refractivity contribution in [1.29, 1.82) is 0 Å². The third-order valence-electron chi connectivity index (χ3n) is 11.9. The van der Waals surface area contributed by atoms with Crippen LogP contribution >= 0.6 is 11.3 Å². The van der Waals surface area contributed by atoms with Crippen molar-refractivity contribution >= 4 is 65.6 Å². The number of para-hydroxylation sites is 5. The van der Waals surface area contributed by atoms with Gasteiger partial charge in [0.25, 0.3) is 0 Å². The summed E-state index contributed by atoms with van der Waals surface area (Å²) in [7, 11) is 0. The van der Waals surface area contributed by atoms with Gasteiger partial charge in [0.2, 0.25) is 0 Å². The van der Waals surface area contributed by atoms with Crippen LogP contribution in [-0.2, 0) is 0 Å². The number of hydrogen-bond acceptors (Lipinski definition) is 3. The lowest BCUT2D eigenvalue weighted by Gasteiger charge is -2.33. The lowest BCUT2D eigenvalue weighted by Crippen LogP contribution is -2.15. The highest BCUT2D eigenvalue weighted by molar-refractivity contribution is 7.25. The third-order valence-corrected chi connectivity index (χ3v) is 13.0. The predicted molar refractivity (Wildman–Crippen MR) is 270 cm³/mol. The van der Waals surface area contributed by atoms with Crippen molar-refractivity contribution in [1.82, 2.24) is 0 Å². The van der Waals surface area contributed by atoms with Crippen molar-refractivity contribution in [2.75, 3.05) is 9.80 Å². The minimum absolute atomic E-state index is 1.08. The first-order valence-corrected chi connectivity index (χ1v) is 22.3. The maximum Gasteiger partial charge on any atom is 0.0541 e. The van der Waals surface area contributed by atoms with Gasteiger partial charge in [-0.05, 0) is 65.2 Å². The van der Waals surface area contributed by atoms with Gasteiger partial charge in [-0.25, -0.2) is 0 Å². The molecule has 0 radical (unpaired) electrons. The summed E-state index contributed by atoms with van der Waals surface area (Å²) in [5.74, 6) is 0. The highest BCUT2D eigenvalue weighted by atomic mass is 32.1. The zero-order valence-electron chi connectivity index (χ0n) is 34.6.